The molecule has 0 saturated carbocycles. The lowest BCUT2D eigenvalue weighted by Crippen LogP contribution is -2.47. The van der Waals surface area contributed by atoms with E-state index in [2.05, 4.69) is 10.6 Å². The second-order valence-electron chi connectivity index (χ2n) is 6.50. The summed E-state index contributed by atoms with van der Waals surface area (Å²) in [4.78, 5) is 26.6. The van der Waals surface area contributed by atoms with Gasteiger partial charge in [0.25, 0.3) is 0 Å². The summed E-state index contributed by atoms with van der Waals surface area (Å²) in [5, 5.41) is 6.35. The molecular formula is C18H25N3O4. The van der Waals surface area contributed by atoms with Crippen molar-refractivity contribution in [1.29, 1.82) is 0 Å². The Morgan fingerprint density at radius 1 is 1.32 bits per heavy atom. The number of carbonyl (C=O) groups excluding carboxylic acids is 2. The lowest BCUT2D eigenvalue weighted by Gasteiger charge is -2.25. The lowest BCUT2D eigenvalue weighted by atomic mass is 10.0. The van der Waals surface area contributed by atoms with Gasteiger partial charge in [0.2, 0.25) is 11.8 Å². The minimum absolute atomic E-state index is 0.0444. The van der Waals surface area contributed by atoms with Gasteiger partial charge in [-0.3, -0.25) is 9.59 Å². The van der Waals surface area contributed by atoms with E-state index in [1.54, 1.807) is 37.3 Å². The number of carbonyl (C=O) groups is 2. The average molecular weight is 347 g/mol. The zero-order valence-electron chi connectivity index (χ0n) is 14.7. The summed E-state index contributed by atoms with van der Waals surface area (Å²) >= 11 is 0. The summed E-state index contributed by atoms with van der Waals surface area (Å²) < 4.78 is 10.6. The molecule has 2 aliphatic heterocycles. The Kier molecular flexibility index (Phi) is 5.43. The molecule has 3 rings (SSSR count). The Labute approximate surface area is 147 Å². The fraction of sp³-hybridized carbons (Fsp3) is 0.556. The van der Waals surface area contributed by atoms with Crippen LogP contribution in [0.4, 0.5) is 5.69 Å². The largest absolute Gasteiger partial charge is 0.497 e. The summed E-state index contributed by atoms with van der Waals surface area (Å²) in [5.74, 6) is 0.778. The Bertz CT molecular complexity index is 643. The first-order valence-corrected chi connectivity index (χ1v) is 8.66. The number of ether oxygens (including phenoxy) is 2. The molecule has 0 radical (unpaired) electrons. The van der Waals surface area contributed by atoms with Crippen molar-refractivity contribution in [3.05, 3.63) is 18.2 Å². The highest BCUT2D eigenvalue weighted by molar-refractivity contribution is 6.01. The fourth-order valence-electron chi connectivity index (χ4n) is 3.42. The molecule has 2 amide bonds. The fourth-order valence-corrected chi connectivity index (χ4v) is 3.42. The van der Waals surface area contributed by atoms with Crippen molar-refractivity contribution in [3.63, 3.8) is 0 Å². The zero-order valence-corrected chi connectivity index (χ0v) is 14.7. The van der Waals surface area contributed by atoms with E-state index in [1.165, 1.54) is 0 Å². The van der Waals surface area contributed by atoms with Gasteiger partial charge in [0.05, 0.1) is 25.8 Å². The van der Waals surface area contributed by atoms with E-state index >= 15 is 0 Å². The van der Waals surface area contributed by atoms with Crippen LogP contribution in [-0.2, 0) is 9.59 Å². The van der Waals surface area contributed by atoms with Gasteiger partial charge in [-0.15, -0.1) is 0 Å². The van der Waals surface area contributed by atoms with Crippen LogP contribution in [0.1, 0.15) is 19.3 Å². The molecule has 1 aromatic rings. The molecule has 2 saturated heterocycles. The predicted molar refractivity (Wildman–Crippen MR) is 94.0 cm³/mol. The Morgan fingerprint density at radius 3 is 2.84 bits per heavy atom. The predicted octanol–water partition coefficient (Wildman–Crippen LogP) is 0.925. The maximum absolute atomic E-state index is 12.5. The normalized spacial score (nSPS) is 23.4. The quantitative estimate of drug-likeness (QED) is 0.828. The molecule has 0 bridgehead atoms. The number of amides is 2. The molecule has 0 aromatic heterocycles. The Hall–Kier alpha value is -2.28. The molecule has 1 aromatic carbocycles. The second-order valence-corrected chi connectivity index (χ2v) is 6.50. The van der Waals surface area contributed by atoms with Gasteiger partial charge >= 0.3 is 0 Å². The van der Waals surface area contributed by atoms with E-state index in [4.69, 9.17) is 9.47 Å². The Balaban J connectivity index is 1.68. The standard InChI is InChI=1S/C18H25N3O4/c1-24-14-5-6-15(16(9-14)25-2)21-11-12(8-17(21)22)18(23)20-13-4-3-7-19-10-13/h5-6,9,12-13,19H,3-4,7-8,10-11H2,1-2H3,(H,20,23). The first kappa shape index (κ1) is 17.5. The highest BCUT2D eigenvalue weighted by Crippen LogP contribution is 2.35. The first-order chi connectivity index (χ1) is 12.1. The van der Waals surface area contributed by atoms with Crippen molar-refractivity contribution in [1.82, 2.24) is 10.6 Å². The van der Waals surface area contributed by atoms with Crippen molar-refractivity contribution in [2.24, 2.45) is 5.92 Å². The van der Waals surface area contributed by atoms with Crippen LogP contribution in [0.5, 0.6) is 11.5 Å². The van der Waals surface area contributed by atoms with E-state index in [0.29, 0.717) is 23.7 Å². The van der Waals surface area contributed by atoms with Gasteiger partial charge in [-0.25, -0.2) is 0 Å². The molecule has 7 heteroatoms. The van der Waals surface area contributed by atoms with E-state index < -0.39 is 0 Å². The van der Waals surface area contributed by atoms with Crippen LogP contribution in [0.2, 0.25) is 0 Å². The number of piperidine rings is 1. The van der Waals surface area contributed by atoms with Gasteiger partial charge in [0.15, 0.2) is 0 Å². The maximum atomic E-state index is 12.5. The van der Waals surface area contributed by atoms with Crippen LogP contribution in [0.15, 0.2) is 18.2 Å². The van der Waals surface area contributed by atoms with Crippen molar-refractivity contribution in [3.8, 4) is 11.5 Å². The number of benzene rings is 1. The van der Waals surface area contributed by atoms with E-state index in [1.807, 2.05) is 0 Å². The van der Waals surface area contributed by atoms with Crippen molar-refractivity contribution in [2.45, 2.75) is 25.3 Å². The molecule has 2 N–H and O–H groups in total. The Morgan fingerprint density at radius 2 is 2.16 bits per heavy atom. The van der Waals surface area contributed by atoms with Gasteiger partial charge in [-0.1, -0.05) is 0 Å². The van der Waals surface area contributed by atoms with Crippen LogP contribution in [-0.4, -0.2) is 51.7 Å². The third-order valence-electron chi connectivity index (χ3n) is 4.82. The summed E-state index contributed by atoms with van der Waals surface area (Å²) in [7, 11) is 3.13. The number of methoxy groups -OCH3 is 2. The van der Waals surface area contributed by atoms with E-state index in [0.717, 1.165) is 25.9 Å². The summed E-state index contributed by atoms with van der Waals surface area (Å²) in [6, 6.07) is 5.47. The van der Waals surface area contributed by atoms with Crippen molar-refractivity contribution < 1.29 is 19.1 Å². The number of nitrogens with zero attached hydrogens (tertiary/aromatic N) is 1. The summed E-state index contributed by atoms with van der Waals surface area (Å²) in [5.41, 5.74) is 0.669. The van der Waals surface area contributed by atoms with Gasteiger partial charge in [-0.2, -0.15) is 0 Å². The average Bonchev–Trinajstić information content (AvgIpc) is 3.03. The van der Waals surface area contributed by atoms with Gasteiger partial charge < -0.3 is 25.0 Å². The summed E-state index contributed by atoms with van der Waals surface area (Å²) in [6.07, 6.45) is 2.26. The highest BCUT2D eigenvalue weighted by Gasteiger charge is 2.37. The molecule has 2 heterocycles. The van der Waals surface area contributed by atoms with Gasteiger partial charge in [-0.05, 0) is 31.5 Å². The highest BCUT2D eigenvalue weighted by atomic mass is 16.5. The third kappa shape index (κ3) is 3.87. The van der Waals surface area contributed by atoms with Crippen LogP contribution in [0.3, 0.4) is 0 Å². The molecule has 0 spiro atoms. The molecule has 7 nitrogen and oxygen atoms in total. The number of hydrogen-bond acceptors (Lipinski definition) is 5. The molecule has 2 fully saturated rings. The van der Waals surface area contributed by atoms with Gasteiger partial charge in [0.1, 0.15) is 11.5 Å². The van der Waals surface area contributed by atoms with Crippen LogP contribution >= 0.6 is 0 Å². The SMILES string of the molecule is COc1ccc(N2CC(C(=O)NC3CCCNC3)CC2=O)c(OC)c1. The minimum Gasteiger partial charge on any atom is -0.497 e. The smallest absolute Gasteiger partial charge is 0.227 e. The van der Waals surface area contributed by atoms with Crippen LogP contribution in [0.25, 0.3) is 0 Å². The minimum atomic E-state index is -0.332. The number of hydrogen-bond donors (Lipinski definition) is 2. The zero-order chi connectivity index (χ0) is 17.8. The lowest BCUT2D eigenvalue weighted by molar-refractivity contribution is -0.127. The maximum Gasteiger partial charge on any atom is 0.227 e. The second kappa shape index (κ2) is 7.74. The molecule has 2 aliphatic rings. The van der Waals surface area contributed by atoms with E-state index in [-0.39, 0.29) is 30.2 Å². The molecule has 136 valence electrons. The topological polar surface area (TPSA) is 79.9 Å². The molecule has 2 atom stereocenters. The van der Waals surface area contributed by atoms with E-state index in [9.17, 15) is 9.59 Å². The van der Waals surface area contributed by atoms with Crippen molar-refractivity contribution >= 4 is 17.5 Å². The molecule has 25 heavy (non-hydrogen) atoms. The van der Waals surface area contributed by atoms with Crippen LogP contribution < -0.4 is 25.0 Å². The number of anilines is 1. The monoisotopic (exact) mass is 347 g/mol. The molecule has 0 aliphatic carbocycles. The molecular weight excluding hydrogens is 322 g/mol. The van der Waals surface area contributed by atoms with Gasteiger partial charge in [0, 0.05) is 31.6 Å². The number of rotatable bonds is 5. The van der Waals surface area contributed by atoms with Crippen LogP contribution in [0, 0.1) is 5.92 Å². The third-order valence-corrected chi connectivity index (χ3v) is 4.82. The van der Waals surface area contributed by atoms with Crippen molar-refractivity contribution in [2.75, 3.05) is 38.8 Å². The number of nitrogens with one attached hydrogen (secondary N) is 2. The molecule has 2 unspecified atom stereocenters. The summed E-state index contributed by atoms with van der Waals surface area (Å²) in [6.45, 7) is 2.16. The first-order valence-electron chi connectivity index (χ1n) is 8.66.